The van der Waals surface area contributed by atoms with Crippen LogP contribution in [0.25, 0.3) is 0 Å². The number of hydrogen-bond donors (Lipinski definition) is 3. The van der Waals surface area contributed by atoms with E-state index in [-0.39, 0.29) is 24.8 Å². The van der Waals surface area contributed by atoms with Gasteiger partial charge in [0, 0.05) is 33.1 Å². The fraction of sp³-hybridized carbons (Fsp3) is 0.818. The fourth-order valence-electron chi connectivity index (χ4n) is 1.19. The molecule has 0 bridgehead atoms. The van der Waals surface area contributed by atoms with Gasteiger partial charge in [0.1, 0.15) is 0 Å². The number of carbonyl (C=O) groups is 1. The predicted octanol–water partition coefficient (Wildman–Crippen LogP) is 1.02. The largest absolute Gasteiger partial charge is 0.390 e. The second-order valence-corrected chi connectivity index (χ2v) is 3.89. The molecule has 0 aliphatic heterocycles. The second-order valence-electron chi connectivity index (χ2n) is 3.89. The van der Waals surface area contributed by atoms with E-state index < -0.39 is 12.6 Å². The quantitative estimate of drug-likeness (QED) is 0.482. The van der Waals surface area contributed by atoms with Crippen molar-refractivity contribution in [2.75, 3.05) is 26.7 Å². The first kappa shape index (κ1) is 17.5. The van der Waals surface area contributed by atoms with Gasteiger partial charge in [-0.05, 0) is 6.42 Å². The van der Waals surface area contributed by atoms with E-state index in [4.69, 9.17) is 0 Å². The number of guanidine groups is 1. The van der Waals surface area contributed by atoms with Gasteiger partial charge in [-0.25, -0.2) is 0 Å². The van der Waals surface area contributed by atoms with Crippen LogP contribution in [-0.4, -0.2) is 44.7 Å². The third-order valence-electron chi connectivity index (χ3n) is 2.14. The first-order chi connectivity index (χ1) is 8.89. The fourth-order valence-corrected chi connectivity index (χ4v) is 1.19. The first-order valence-corrected chi connectivity index (χ1v) is 6.17. The second kappa shape index (κ2) is 9.46. The van der Waals surface area contributed by atoms with E-state index in [0.717, 1.165) is 6.42 Å². The molecule has 0 aromatic carbocycles. The molecular weight excluding hydrogens is 261 g/mol. The number of rotatable bonds is 7. The van der Waals surface area contributed by atoms with E-state index in [2.05, 4.69) is 20.9 Å². The summed E-state index contributed by atoms with van der Waals surface area (Å²) >= 11 is 0. The van der Waals surface area contributed by atoms with Crippen LogP contribution in [0, 0.1) is 0 Å². The van der Waals surface area contributed by atoms with Crippen molar-refractivity contribution in [1.29, 1.82) is 0 Å². The average molecular weight is 282 g/mol. The van der Waals surface area contributed by atoms with Crippen molar-refractivity contribution in [2.45, 2.75) is 32.4 Å². The number of halogens is 3. The smallest absolute Gasteiger partial charge is 0.356 e. The van der Waals surface area contributed by atoms with Crippen LogP contribution in [0.1, 0.15) is 26.2 Å². The third-order valence-corrected chi connectivity index (χ3v) is 2.14. The number of aliphatic imine (C=N–C) groups is 1. The first-order valence-electron chi connectivity index (χ1n) is 6.17. The highest BCUT2D eigenvalue weighted by molar-refractivity contribution is 5.81. The molecule has 3 N–H and O–H groups in total. The van der Waals surface area contributed by atoms with Crippen molar-refractivity contribution in [2.24, 2.45) is 4.99 Å². The zero-order valence-electron chi connectivity index (χ0n) is 11.2. The molecule has 0 atom stereocenters. The molecular formula is C11H21F3N4O. The Balaban J connectivity index is 3.74. The van der Waals surface area contributed by atoms with Crippen LogP contribution in [0.3, 0.4) is 0 Å². The van der Waals surface area contributed by atoms with Crippen molar-refractivity contribution >= 4 is 11.9 Å². The summed E-state index contributed by atoms with van der Waals surface area (Å²) in [6.45, 7) is 2.65. The van der Waals surface area contributed by atoms with E-state index in [1.807, 2.05) is 6.92 Å². The Bertz CT molecular complexity index is 292. The Morgan fingerprint density at radius 2 is 1.74 bits per heavy atom. The van der Waals surface area contributed by atoms with Crippen LogP contribution in [0.4, 0.5) is 13.2 Å². The summed E-state index contributed by atoms with van der Waals surface area (Å²) in [6.07, 6.45) is -4.00. The van der Waals surface area contributed by atoms with E-state index in [0.29, 0.717) is 13.1 Å². The molecule has 0 saturated carbocycles. The standard InChI is InChI=1S/C11H21F3N4O/c1-3-6-16-9(19)4-7-17-10(15-2)18-8-5-11(12,13)14/h3-8H2,1-2H3,(H,16,19)(H2,15,17,18). The Hall–Kier alpha value is -1.47. The highest BCUT2D eigenvalue weighted by Gasteiger charge is 2.26. The molecule has 1 amide bonds. The van der Waals surface area contributed by atoms with Gasteiger partial charge in [-0.3, -0.25) is 9.79 Å². The highest BCUT2D eigenvalue weighted by atomic mass is 19.4. The number of carbonyl (C=O) groups excluding carboxylic acids is 1. The molecule has 19 heavy (non-hydrogen) atoms. The van der Waals surface area contributed by atoms with E-state index in [9.17, 15) is 18.0 Å². The summed E-state index contributed by atoms with van der Waals surface area (Å²) in [5.74, 6) is 0.160. The Labute approximate surface area is 111 Å². The van der Waals surface area contributed by atoms with Gasteiger partial charge >= 0.3 is 6.18 Å². The van der Waals surface area contributed by atoms with Gasteiger partial charge in [-0.2, -0.15) is 13.2 Å². The molecule has 0 heterocycles. The third kappa shape index (κ3) is 11.4. The molecule has 0 fully saturated rings. The van der Waals surface area contributed by atoms with Gasteiger partial charge in [0.2, 0.25) is 5.91 Å². The van der Waals surface area contributed by atoms with Gasteiger partial charge in [0.15, 0.2) is 5.96 Å². The van der Waals surface area contributed by atoms with Crippen LogP contribution < -0.4 is 16.0 Å². The van der Waals surface area contributed by atoms with Crippen LogP contribution in [-0.2, 0) is 4.79 Å². The van der Waals surface area contributed by atoms with Crippen molar-refractivity contribution in [3.05, 3.63) is 0 Å². The topological polar surface area (TPSA) is 65.5 Å². The number of nitrogens with zero attached hydrogens (tertiary/aromatic N) is 1. The molecule has 0 aliphatic rings. The predicted molar refractivity (Wildman–Crippen MR) is 68.0 cm³/mol. The minimum atomic E-state index is -4.19. The summed E-state index contributed by atoms with van der Waals surface area (Å²) < 4.78 is 35.8. The Morgan fingerprint density at radius 1 is 1.11 bits per heavy atom. The van der Waals surface area contributed by atoms with Crippen LogP contribution in [0.5, 0.6) is 0 Å². The van der Waals surface area contributed by atoms with E-state index >= 15 is 0 Å². The number of alkyl halides is 3. The molecule has 0 unspecified atom stereocenters. The summed E-state index contributed by atoms with van der Waals surface area (Å²) in [7, 11) is 1.46. The van der Waals surface area contributed by atoms with Crippen molar-refractivity contribution in [1.82, 2.24) is 16.0 Å². The molecule has 0 radical (unpaired) electrons. The maximum atomic E-state index is 11.9. The lowest BCUT2D eigenvalue weighted by atomic mass is 10.3. The van der Waals surface area contributed by atoms with E-state index in [1.165, 1.54) is 7.05 Å². The van der Waals surface area contributed by atoms with Gasteiger partial charge in [0.25, 0.3) is 0 Å². The minimum Gasteiger partial charge on any atom is -0.356 e. The number of hydrogen-bond acceptors (Lipinski definition) is 2. The van der Waals surface area contributed by atoms with Crippen LogP contribution in [0.15, 0.2) is 4.99 Å². The molecule has 0 aliphatic carbocycles. The Morgan fingerprint density at radius 3 is 2.26 bits per heavy atom. The van der Waals surface area contributed by atoms with E-state index in [1.54, 1.807) is 0 Å². The van der Waals surface area contributed by atoms with Gasteiger partial charge in [-0.15, -0.1) is 0 Å². The minimum absolute atomic E-state index is 0.0971. The molecule has 0 aromatic rings. The van der Waals surface area contributed by atoms with Gasteiger partial charge in [0.05, 0.1) is 6.42 Å². The average Bonchev–Trinajstić information content (AvgIpc) is 2.33. The molecule has 112 valence electrons. The van der Waals surface area contributed by atoms with Crippen molar-refractivity contribution < 1.29 is 18.0 Å². The summed E-state index contributed by atoms with van der Waals surface area (Å²) in [4.78, 5) is 15.0. The van der Waals surface area contributed by atoms with Gasteiger partial charge in [-0.1, -0.05) is 6.92 Å². The molecule has 5 nitrogen and oxygen atoms in total. The lowest BCUT2D eigenvalue weighted by Crippen LogP contribution is -2.40. The van der Waals surface area contributed by atoms with Crippen LogP contribution in [0.2, 0.25) is 0 Å². The molecule has 0 saturated heterocycles. The summed E-state index contributed by atoms with van der Waals surface area (Å²) in [6, 6.07) is 0. The van der Waals surface area contributed by atoms with Crippen molar-refractivity contribution in [3.8, 4) is 0 Å². The number of nitrogens with one attached hydrogen (secondary N) is 3. The Kier molecular flexibility index (Phi) is 8.73. The number of amides is 1. The maximum Gasteiger partial charge on any atom is 0.390 e. The van der Waals surface area contributed by atoms with Crippen LogP contribution >= 0.6 is 0 Å². The summed E-state index contributed by atoms with van der Waals surface area (Å²) in [5.41, 5.74) is 0. The molecule has 8 heteroatoms. The SMILES string of the molecule is CCCNC(=O)CCNC(=NC)NCCC(F)(F)F. The normalized spacial score (nSPS) is 12.2. The molecule has 0 rings (SSSR count). The lowest BCUT2D eigenvalue weighted by molar-refractivity contribution is -0.132. The summed E-state index contributed by atoms with van der Waals surface area (Å²) in [5, 5.41) is 8.00. The monoisotopic (exact) mass is 282 g/mol. The van der Waals surface area contributed by atoms with Crippen molar-refractivity contribution in [3.63, 3.8) is 0 Å². The lowest BCUT2D eigenvalue weighted by Gasteiger charge is -2.12. The molecule has 0 aromatic heterocycles. The zero-order valence-corrected chi connectivity index (χ0v) is 11.2. The highest BCUT2D eigenvalue weighted by Crippen LogP contribution is 2.17. The molecule has 0 spiro atoms. The zero-order chi connectivity index (χ0) is 14.7. The van der Waals surface area contributed by atoms with Gasteiger partial charge < -0.3 is 16.0 Å². The maximum absolute atomic E-state index is 11.9.